The van der Waals surface area contributed by atoms with E-state index in [0.717, 1.165) is 16.0 Å². The lowest BCUT2D eigenvalue weighted by atomic mass is 10.0. The Labute approximate surface area is 128 Å². The molecular formula is C16H19FN2OS. The molecule has 3 nitrogen and oxygen atoms in total. The van der Waals surface area contributed by atoms with Gasteiger partial charge in [0.05, 0.1) is 10.6 Å². The lowest BCUT2D eigenvalue weighted by molar-refractivity contribution is 0.0775. The molecule has 0 unspecified atom stereocenters. The Kier molecular flexibility index (Phi) is 4.63. The van der Waals surface area contributed by atoms with Crippen LogP contribution in [0, 0.1) is 12.7 Å². The van der Waals surface area contributed by atoms with Crippen molar-refractivity contribution in [3.05, 3.63) is 40.5 Å². The van der Waals surface area contributed by atoms with E-state index in [-0.39, 0.29) is 11.7 Å². The summed E-state index contributed by atoms with van der Waals surface area (Å²) in [4.78, 5) is 15.4. The van der Waals surface area contributed by atoms with Crippen molar-refractivity contribution in [3.8, 4) is 11.1 Å². The highest BCUT2D eigenvalue weighted by molar-refractivity contribution is 7.16. The van der Waals surface area contributed by atoms with Crippen LogP contribution in [0.3, 0.4) is 0 Å². The molecule has 1 amide bonds. The Morgan fingerprint density at radius 2 is 1.81 bits per heavy atom. The largest absolute Gasteiger partial charge is 0.390 e. The van der Waals surface area contributed by atoms with Gasteiger partial charge < -0.3 is 10.6 Å². The molecule has 0 fully saturated rings. The first-order valence-electron chi connectivity index (χ1n) is 6.93. The first-order valence-corrected chi connectivity index (χ1v) is 7.75. The third-order valence-electron chi connectivity index (χ3n) is 3.51. The summed E-state index contributed by atoms with van der Waals surface area (Å²) in [6.45, 7) is 7.07. The van der Waals surface area contributed by atoms with E-state index >= 15 is 0 Å². The minimum Gasteiger partial charge on any atom is -0.390 e. The van der Waals surface area contributed by atoms with Gasteiger partial charge in [0.1, 0.15) is 5.82 Å². The molecule has 0 radical (unpaired) electrons. The fourth-order valence-electron chi connectivity index (χ4n) is 2.41. The molecule has 5 heteroatoms. The summed E-state index contributed by atoms with van der Waals surface area (Å²) in [6.07, 6.45) is 0. The number of nitrogens with two attached hydrogens (primary N) is 1. The number of rotatable bonds is 4. The topological polar surface area (TPSA) is 46.3 Å². The molecule has 0 aliphatic carbocycles. The van der Waals surface area contributed by atoms with Gasteiger partial charge in [0.25, 0.3) is 5.91 Å². The van der Waals surface area contributed by atoms with Crippen LogP contribution in [0.25, 0.3) is 11.1 Å². The van der Waals surface area contributed by atoms with Gasteiger partial charge in [-0.3, -0.25) is 4.79 Å². The van der Waals surface area contributed by atoms with Crippen molar-refractivity contribution < 1.29 is 9.18 Å². The summed E-state index contributed by atoms with van der Waals surface area (Å²) in [6, 6.07) is 6.16. The van der Waals surface area contributed by atoms with Gasteiger partial charge in [-0.05, 0) is 38.5 Å². The lowest BCUT2D eigenvalue weighted by Gasteiger charge is -2.19. The average Bonchev–Trinajstić information content (AvgIpc) is 2.75. The summed E-state index contributed by atoms with van der Waals surface area (Å²) in [5.74, 6) is -0.364. The molecule has 0 saturated carbocycles. The van der Waals surface area contributed by atoms with Crippen LogP contribution < -0.4 is 5.73 Å². The molecule has 0 saturated heterocycles. The maximum atomic E-state index is 13.1. The van der Waals surface area contributed by atoms with Gasteiger partial charge in [-0.1, -0.05) is 12.1 Å². The maximum Gasteiger partial charge on any atom is 0.257 e. The predicted molar refractivity (Wildman–Crippen MR) is 86.1 cm³/mol. The Morgan fingerprint density at radius 3 is 2.33 bits per heavy atom. The zero-order valence-electron chi connectivity index (χ0n) is 12.4. The van der Waals surface area contributed by atoms with Crippen LogP contribution in [-0.2, 0) is 0 Å². The monoisotopic (exact) mass is 306 g/mol. The summed E-state index contributed by atoms with van der Waals surface area (Å²) in [7, 11) is 0. The highest BCUT2D eigenvalue weighted by atomic mass is 32.1. The number of benzene rings is 1. The van der Waals surface area contributed by atoms with Crippen LogP contribution >= 0.6 is 11.3 Å². The molecule has 2 N–H and O–H groups in total. The normalized spacial score (nSPS) is 10.7. The van der Waals surface area contributed by atoms with Gasteiger partial charge in [0.15, 0.2) is 0 Å². The first kappa shape index (κ1) is 15.5. The molecule has 2 rings (SSSR count). The molecule has 112 valence electrons. The van der Waals surface area contributed by atoms with Gasteiger partial charge in [0.2, 0.25) is 0 Å². The van der Waals surface area contributed by atoms with Crippen molar-refractivity contribution in [2.24, 2.45) is 0 Å². The maximum absolute atomic E-state index is 13.1. The number of amides is 1. The highest BCUT2D eigenvalue weighted by Gasteiger charge is 2.24. The molecule has 0 aliphatic heterocycles. The lowest BCUT2D eigenvalue weighted by Crippen LogP contribution is -2.31. The van der Waals surface area contributed by atoms with Crippen LogP contribution in [0.4, 0.5) is 9.39 Å². The van der Waals surface area contributed by atoms with Crippen LogP contribution in [-0.4, -0.2) is 23.9 Å². The number of halogens is 1. The minimum atomic E-state index is -0.295. The second-order valence-corrected chi connectivity index (χ2v) is 6.01. The average molecular weight is 306 g/mol. The Morgan fingerprint density at radius 1 is 1.24 bits per heavy atom. The van der Waals surface area contributed by atoms with Gasteiger partial charge in [0, 0.05) is 23.5 Å². The number of aryl methyl sites for hydroxylation is 1. The van der Waals surface area contributed by atoms with Gasteiger partial charge in [-0.15, -0.1) is 11.3 Å². The second kappa shape index (κ2) is 6.26. The van der Waals surface area contributed by atoms with E-state index in [4.69, 9.17) is 5.73 Å². The fraction of sp³-hybridized carbons (Fsp3) is 0.312. The number of nitrogen functional groups attached to an aromatic ring is 1. The van der Waals surface area contributed by atoms with Gasteiger partial charge >= 0.3 is 0 Å². The number of carbonyl (C=O) groups excluding carboxylic acids is 1. The first-order chi connectivity index (χ1) is 9.99. The molecule has 0 spiro atoms. The molecular weight excluding hydrogens is 287 g/mol. The van der Waals surface area contributed by atoms with E-state index in [9.17, 15) is 9.18 Å². The molecule has 2 aromatic rings. The summed E-state index contributed by atoms with van der Waals surface area (Å²) >= 11 is 1.40. The number of anilines is 1. The van der Waals surface area contributed by atoms with Crippen molar-refractivity contribution in [2.45, 2.75) is 20.8 Å². The summed E-state index contributed by atoms with van der Waals surface area (Å²) < 4.78 is 13.1. The molecule has 0 atom stereocenters. The molecule has 0 aliphatic rings. The number of nitrogens with zero attached hydrogens (tertiary/aromatic N) is 1. The second-order valence-electron chi connectivity index (χ2n) is 4.76. The molecule has 0 bridgehead atoms. The van der Waals surface area contributed by atoms with Crippen LogP contribution in [0.1, 0.15) is 29.1 Å². The summed E-state index contributed by atoms with van der Waals surface area (Å²) in [5, 5.41) is 0.517. The zero-order valence-corrected chi connectivity index (χ0v) is 13.3. The van der Waals surface area contributed by atoms with E-state index in [1.807, 2.05) is 20.8 Å². The van der Waals surface area contributed by atoms with Crippen molar-refractivity contribution >= 4 is 22.2 Å². The molecule has 1 aromatic heterocycles. The number of hydrogen-bond donors (Lipinski definition) is 1. The standard InChI is InChI=1S/C16H19FN2OS/c1-4-19(5-2)16(20)14-13(10(3)21-15(14)18)11-6-8-12(17)9-7-11/h6-9H,4-5,18H2,1-3H3. The van der Waals surface area contributed by atoms with Crippen LogP contribution in [0.2, 0.25) is 0 Å². The molecule has 1 aromatic carbocycles. The Balaban J connectivity index is 2.57. The smallest absolute Gasteiger partial charge is 0.257 e. The number of hydrogen-bond acceptors (Lipinski definition) is 3. The van der Waals surface area contributed by atoms with Crippen molar-refractivity contribution in [3.63, 3.8) is 0 Å². The van der Waals surface area contributed by atoms with E-state index in [1.165, 1.54) is 23.5 Å². The predicted octanol–water partition coefficient (Wildman–Crippen LogP) is 3.93. The van der Waals surface area contributed by atoms with E-state index in [0.29, 0.717) is 23.7 Å². The van der Waals surface area contributed by atoms with Crippen molar-refractivity contribution in [2.75, 3.05) is 18.8 Å². The SMILES string of the molecule is CCN(CC)C(=O)c1c(N)sc(C)c1-c1ccc(F)cc1. The zero-order chi connectivity index (χ0) is 15.6. The third-order valence-corrected chi connectivity index (χ3v) is 4.44. The van der Waals surface area contributed by atoms with Gasteiger partial charge in [-0.2, -0.15) is 0 Å². The van der Waals surface area contributed by atoms with E-state index in [2.05, 4.69) is 0 Å². The van der Waals surface area contributed by atoms with Gasteiger partial charge in [-0.25, -0.2) is 4.39 Å². The van der Waals surface area contributed by atoms with Crippen molar-refractivity contribution in [1.29, 1.82) is 0 Å². The Hall–Kier alpha value is -1.88. The Bertz CT molecular complexity index is 645. The van der Waals surface area contributed by atoms with Crippen LogP contribution in [0.5, 0.6) is 0 Å². The fourth-order valence-corrected chi connectivity index (χ4v) is 3.35. The third kappa shape index (κ3) is 2.93. The number of carbonyl (C=O) groups is 1. The van der Waals surface area contributed by atoms with E-state index in [1.54, 1.807) is 17.0 Å². The van der Waals surface area contributed by atoms with E-state index < -0.39 is 0 Å². The van der Waals surface area contributed by atoms with Crippen LogP contribution in [0.15, 0.2) is 24.3 Å². The van der Waals surface area contributed by atoms with Crippen molar-refractivity contribution in [1.82, 2.24) is 4.90 Å². The number of thiophene rings is 1. The molecule has 1 heterocycles. The molecule has 21 heavy (non-hydrogen) atoms. The highest BCUT2D eigenvalue weighted by Crippen LogP contribution is 2.38. The summed E-state index contributed by atoms with van der Waals surface area (Å²) in [5.41, 5.74) is 8.22. The quantitative estimate of drug-likeness (QED) is 0.930. The minimum absolute atomic E-state index is 0.0684.